The van der Waals surface area contributed by atoms with Gasteiger partial charge in [0.25, 0.3) is 0 Å². The maximum absolute atomic E-state index is 6.13. The number of hydrogen-bond donors (Lipinski definition) is 1. The average molecular weight is 279 g/mol. The summed E-state index contributed by atoms with van der Waals surface area (Å²) in [6.45, 7) is 8.33. The molecule has 0 spiro atoms. The SMILES string of the molecule is CCC(C)(C)C1CCC(CN)C(OCc2ccco2)C1. The smallest absolute Gasteiger partial charge is 0.129 e. The van der Waals surface area contributed by atoms with E-state index in [0.29, 0.717) is 17.9 Å². The summed E-state index contributed by atoms with van der Waals surface area (Å²) >= 11 is 0. The van der Waals surface area contributed by atoms with Crippen molar-refractivity contribution in [2.75, 3.05) is 6.54 Å². The molecule has 0 aliphatic heterocycles. The van der Waals surface area contributed by atoms with Crippen LogP contribution in [0.15, 0.2) is 22.8 Å². The molecule has 0 saturated heterocycles. The molecule has 1 heterocycles. The maximum Gasteiger partial charge on any atom is 0.129 e. The molecule has 1 aromatic rings. The number of ether oxygens (including phenoxy) is 1. The van der Waals surface area contributed by atoms with Crippen molar-refractivity contribution < 1.29 is 9.15 Å². The molecule has 0 amide bonds. The van der Waals surface area contributed by atoms with E-state index in [9.17, 15) is 0 Å². The Balaban J connectivity index is 1.95. The largest absolute Gasteiger partial charge is 0.467 e. The molecule has 0 aromatic carbocycles. The third-order valence-electron chi connectivity index (χ3n) is 5.27. The van der Waals surface area contributed by atoms with Crippen molar-refractivity contribution in [3.63, 3.8) is 0 Å². The molecular weight excluding hydrogens is 250 g/mol. The van der Waals surface area contributed by atoms with Gasteiger partial charge in [-0.3, -0.25) is 0 Å². The molecule has 1 aromatic heterocycles. The molecule has 0 bridgehead atoms. The predicted molar refractivity (Wildman–Crippen MR) is 81.2 cm³/mol. The van der Waals surface area contributed by atoms with Crippen LogP contribution in [0.25, 0.3) is 0 Å². The minimum atomic E-state index is 0.273. The van der Waals surface area contributed by atoms with Crippen LogP contribution in [0.1, 0.15) is 52.2 Å². The summed E-state index contributed by atoms with van der Waals surface area (Å²) < 4.78 is 11.5. The second-order valence-corrected chi connectivity index (χ2v) is 6.78. The molecule has 1 saturated carbocycles. The third-order valence-corrected chi connectivity index (χ3v) is 5.27. The Labute approximate surface area is 122 Å². The van der Waals surface area contributed by atoms with Gasteiger partial charge in [-0.1, -0.05) is 27.2 Å². The van der Waals surface area contributed by atoms with E-state index in [2.05, 4.69) is 20.8 Å². The van der Waals surface area contributed by atoms with Crippen molar-refractivity contribution in [1.82, 2.24) is 0 Å². The molecule has 2 N–H and O–H groups in total. The van der Waals surface area contributed by atoms with E-state index in [1.165, 1.54) is 19.3 Å². The van der Waals surface area contributed by atoms with Crippen molar-refractivity contribution in [3.05, 3.63) is 24.2 Å². The summed E-state index contributed by atoms with van der Waals surface area (Å²) in [6, 6.07) is 3.87. The Morgan fingerprint density at radius 2 is 2.20 bits per heavy atom. The minimum absolute atomic E-state index is 0.273. The van der Waals surface area contributed by atoms with Gasteiger partial charge in [-0.25, -0.2) is 0 Å². The predicted octanol–water partition coefficient (Wildman–Crippen LogP) is 3.98. The quantitative estimate of drug-likeness (QED) is 0.857. The second kappa shape index (κ2) is 6.77. The van der Waals surface area contributed by atoms with Gasteiger partial charge >= 0.3 is 0 Å². The van der Waals surface area contributed by atoms with Crippen LogP contribution in [0.4, 0.5) is 0 Å². The average Bonchev–Trinajstić information content (AvgIpc) is 2.98. The standard InChI is InChI=1S/C17H29NO2/c1-4-17(2,3)14-8-7-13(11-18)16(10-14)20-12-15-6-5-9-19-15/h5-6,9,13-14,16H,4,7-8,10-12,18H2,1-3H3. The lowest BCUT2D eigenvalue weighted by atomic mass is 9.66. The number of hydrogen-bond acceptors (Lipinski definition) is 3. The number of nitrogens with two attached hydrogens (primary N) is 1. The van der Waals surface area contributed by atoms with Crippen LogP contribution in [0.2, 0.25) is 0 Å². The van der Waals surface area contributed by atoms with Crippen LogP contribution < -0.4 is 5.73 Å². The van der Waals surface area contributed by atoms with Crippen LogP contribution >= 0.6 is 0 Å². The minimum Gasteiger partial charge on any atom is -0.467 e. The van der Waals surface area contributed by atoms with Gasteiger partial charge in [-0.15, -0.1) is 0 Å². The molecular formula is C17H29NO2. The Hall–Kier alpha value is -0.800. The Kier molecular flexibility index (Phi) is 5.28. The van der Waals surface area contributed by atoms with Crippen molar-refractivity contribution in [3.8, 4) is 0 Å². The third kappa shape index (κ3) is 3.64. The van der Waals surface area contributed by atoms with Crippen LogP contribution in [0.3, 0.4) is 0 Å². The van der Waals surface area contributed by atoms with Crippen molar-refractivity contribution in [2.45, 2.75) is 59.2 Å². The first kappa shape index (κ1) is 15.6. The highest BCUT2D eigenvalue weighted by molar-refractivity contribution is 4.96. The molecule has 3 heteroatoms. The van der Waals surface area contributed by atoms with Crippen LogP contribution in [0.5, 0.6) is 0 Å². The fraction of sp³-hybridized carbons (Fsp3) is 0.765. The summed E-state index contributed by atoms with van der Waals surface area (Å²) in [4.78, 5) is 0. The lowest BCUT2D eigenvalue weighted by molar-refractivity contribution is -0.0562. The van der Waals surface area contributed by atoms with E-state index in [1.54, 1.807) is 6.26 Å². The van der Waals surface area contributed by atoms with Gasteiger partial charge in [0, 0.05) is 0 Å². The molecule has 3 nitrogen and oxygen atoms in total. The Morgan fingerprint density at radius 1 is 1.40 bits per heavy atom. The molecule has 1 aliphatic rings. The van der Waals surface area contributed by atoms with Crippen LogP contribution in [-0.4, -0.2) is 12.6 Å². The summed E-state index contributed by atoms with van der Waals surface area (Å²) in [5.74, 6) is 2.13. The highest BCUT2D eigenvalue weighted by Crippen LogP contribution is 2.43. The van der Waals surface area contributed by atoms with E-state index < -0.39 is 0 Å². The van der Waals surface area contributed by atoms with Gasteiger partial charge in [0.1, 0.15) is 12.4 Å². The zero-order chi connectivity index (χ0) is 14.6. The van der Waals surface area contributed by atoms with E-state index in [-0.39, 0.29) is 6.10 Å². The van der Waals surface area contributed by atoms with E-state index in [4.69, 9.17) is 14.9 Å². The number of rotatable bonds is 6. The van der Waals surface area contributed by atoms with E-state index >= 15 is 0 Å². The van der Waals surface area contributed by atoms with Crippen molar-refractivity contribution in [2.24, 2.45) is 23.0 Å². The highest BCUT2D eigenvalue weighted by Gasteiger charge is 2.37. The lowest BCUT2D eigenvalue weighted by Gasteiger charge is -2.42. The zero-order valence-corrected chi connectivity index (χ0v) is 13.1. The van der Waals surface area contributed by atoms with Crippen molar-refractivity contribution in [1.29, 1.82) is 0 Å². The van der Waals surface area contributed by atoms with Gasteiger partial charge < -0.3 is 14.9 Å². The monoisotopic (exact) mass is 279 g/mol. The Morgan fingerprint density at radius 3 is 2.80 bits per heavy atom. The summed E-state index contributed by atoms with van der Waals surface area (Å²) in [5, 5.41) is 0. The summed E-state index contributed by atoms with van der Waals surface area (Å²) in [5.41, 5.74) is 6.32. The molecule has 114 valence electrons. The van der Waals surface area contributed by atoms with Gasteiger partial charge in [-0.2, -0.15) is 0 Å². The first-order chi connectivity index (χ1) is 9.56. The molecule has 3 atom stereocenters. The van der Waals surface area contributed by atoms with Gasteiger partial charge in [-0.05, 0) is 55.2 Å². The highest BCUT2D eigenvalue weighted by atomic mass is 16.5. The molecule has 3 unspecified atom stereocenters. The molecule has 0 radical (unpaired) electrons. The summed E-state index contributed by atoms with van der Waals surface area (Å²) in [7, 11) is 0. The van der Waals surface area contributed by atoms with E-state index in [1.807, 2.05) is 12.1 Å². The maximum atomic E-state index is 6.13. The zero-order valence-electron chi connectivity index (χ0n) is 13.1. The first-order valence-corrected chi connectivity index (χ1v) is 7.91. The van der Waals surface area contributed by atoms with Gasteiger partial charge in [0.05, 0.1) is 12.4 Å². The van der Waals surface area contributed by atoms with Gasteiger partial charge in [0.2, 0.25) is 0 Å². The summed E-state index contributed by atoms with van der Waals surface area (Å²) in [6.07, 6.45) is 6.79. The topological polar surface area (TPSA) is 48.4 Å². The first-order valence-electron chi connectivity index (χ1n) is 7.91. The molecule has 2 rings (SSSR count). The Bertz CT molecular complexity index is 386. The lowest BCUT2D eigenvalue weighted by Crippen LogP contribution is -2.40. The van der Waals surface area contributed by atoms with Crippen LogP contribution in [0, 0.1) is 17.3 Å². The van der Waals surface area contributed by atoms with Crippen LogP contribution in [-0.2, 0) is 11.3 Å². The number of furan rings is 1. The van der Waals surface area contributed by atoms with Gasteiger partial charge in [0.15, 0.2) is 0 Å². The molecule has 1 aliphatic carbocycles. The fourth-order valence-corrected chi connectivity index (χ4v) is 3.25. The molecule has 1 fully saturated rings. The molecule has 20 heavy (non-hydrogen) atoms. The normalized spacial score (nSPS) is 27.7. The fourth-order valence-electron chi connectivity index (χ4n) is 3.25. The van der Waals surface area contributed by atoms with Crippen molar-refractivity contribution >= 4 is 0 Å². The van der Waals surface area contributed by atoms with E-state index in [0.717, 1.165) is 24.6 Å². The second-order valence-electron chi connectivity index (χ2n) is 6.78.